The number of aliphatic hydroxyl groups is 1. The van der Waals surface area contributed by atoms with Crippen molar-refractivity contribution in [2.24, 2.45) is 17.3 Å². The van der Waals surface area contributed by atoms with Crippen LogP contribution in [0.15, 0.2) is 42.0 Å². The fourth-order valence-electron chi connectivity index (χ4n) is 4.33. The van der Waals surface area contributed by atoms with E-state index in [4.69, 9.17) is 4.74 Å². The van der Waals surface area contributed by atoms with Crippen molar-refractivity contribution in [3.8, 4) is 0 Å². The van der Waals surface area contributed by atoms with Gasteiger partial charge >= 0.3 is 0 Å². The maximum Gasteiger partial charge on any atom is 0.0900 e. The van der Waals surface area contributed by atoms with Gasteiger partial charge in [-0.2, -0.15) is 0 Å². The van der Waals surface area contributed by atoms with Crippen LogP contribution in [-0.4, -0.2) is 42.9 Å². The number of fused-ring (bicyclic) bond motifs is 1. The van der Waals surface area contributed by atoms with E-state index in [2.05, 4.69) is 37.0 Å². The second kappa shape index (κ2) is 7.38. The molecule has 1 fully saturated rings. The van der Waals surface area contributed by atoms with Crippen molar-refractivity contribution in [2.45, 2.75) is 39.3 Å². The molecule has 2 bridgehead atoms. The molecule has 1 N–H and O–H groups in total. The number of allylic oxidation sites excluding steroid dienone is 1. The van der Waals surface area contributed by atoms with E-state index in [0.29, 0.717) is 31.1 Å². The van der Waals surface area contributed by atoms with Crippen molar-refractivity contribution >= 4 is 0 Å². The SMILES string of the molecule is CN(Cc1ccccc1)CC(O)COCC1=CCC2CC1C2(C)C. The van der Waals surface area contributed by atoms with E-state index < -0.39 is 6.10 Å². The Hall–Kier alpha value is -1.16. The Labute approximate surface area is 146 Å². The van der Waals surface area contributed by atoms with E-state index in [1.54, 1.807) is 0 Å². The number of hydrogen-bond acceptors (Lipinski definition) is 3. The third-order valence-electron chi connectivity index (χ3n) is 5.98. The zero-order chi connectivity index (χ0) is 17.2. The lowest BCUT2D eigenvalue weighted by Gasteiger charge is -2.56. The van der Waals surface area contributed by atoms with Gasteiger partial charge in [0.25, 0.3) is 0 Å². The topological polar surface area (TPSA) is 32.7 Å². The van der Waals surface area contributed by atoms with Crippen molar-refractivity contribution in [3.05, 3.63) is 47.5 Å². The number of ether oxygens (including phenoxy) is 1. The van der Waals surface area contributed by atoms with Crippen LogP contribution in [0, 0.1) is 17.3 Å². The molecule has 3 heteroatoms. The average molecular weight is 329 g/mol. The molecule has 3 unspecified atom stereocenters. The first kappa shape index (κ1) is 17.7. The van der Waals surface area contributed by atoms with Crippen LogP contribution in [0.3, 0.4) is 0 Å². The van der Waals surface area contributed by atoms with Crippen molar-refractivity contribution in [3.63, 3.8) is 0 Å². The smallest absolute Gasteiger partial charge is 0.0900 e. The predicted molar refractivity (Wildman–Crippen MR) is 97.7 cm³/mol. The summed E-state index contributed by atoms with van der Waals surface area (Å²) in [5.74, 6) is 1.55. The molecular weight excluding hydrogens is 298 g/mol. The molecule has 4 rings (SSSR count). The van der Waals surface area contributed by atoms with Gasteiger partial charge in [0, 0.05) is 13.1 Å². The van der Waals surface area contributed by atoms with Crippen LogP contribution in [0.2, 0.25) is 0 Å². The molecule has 0 aromatic heterocycles. The minimum atomic E-state index is -0.440. The van der Waals surface area contributed by atoms with Crippen LogP contribution in [-0.2, 0) is 11.3 Å². The van der Waals surface area contributed by atoms with E-state index in [0.717, 1.165) is 12.5 Å². The molecule has 0 spiro atoms. The van der Waals surface area contributed by atoms with E-state index >= 15 is 0 Å². The Kier molecular flexibility index (Phi) is 5.43. The first-order chi connectivity index (χ1) is 11.5. The third-order valence-corrected chi connectivity index (χ3v) is 5.98. The van der Waals surface area contributed by atoms with Gasteiger partial charge in [-0.3, -0.25) is 4.90 Å². The molecule has 24 heavy (non-hydrogen) atoms. The number of benzene rings is 1. The van der Waals surface area contributed by atoms with Gasteiger partial charge in [0.2, 0.25) is 0 Å². The van der Waals surface area contributed by atoms with Crippen LogP contribution in [0.1, 0.15) is 32.3 Å². The highest BCUT2D eigenvalue weighted by molar-refractivity contribution is 5.23. The van der Waals surface area contributed by atoms with Gasteiger partial charge < -0.3 is 9.84 Å². The molecule has 1 saturated carbocycles. The van der Waals surface area contributed by atoms with Gasteiger partial charge in [0.05, 0.1) is 19.3 Å². The number of hydrogen-bond donors (Lipinski definition) is 1. The zero-order valence-corrected chi connectivity index (χ0v) is 15.2. The van der Waals surface area contributed by atoms with Crippen LogP contribution >= 0.6 is 0 Å². The summed E-state index contributed by atoms with van der Waals surface area (Å²) < 4.78 is 5.83. The fraction of sp³-hybridized carbons (Fsp3) is 0.619. The van der Waals surface area contributed by atoms with Crippen LogP contribution in [0.25, 0.3) is 0 Å². The normalized spacial score (nSPS) is 26.0. The molecule has 0 heterocycles. The van der Waals surface area contributed by atoms with Crippen LogP contribution < -0.4 is 0 Å². The Morgan fingerprint density at radius 1 is 1.29 bits per heavy atom. The lowest BCUT2D eigenvalue weighted by atomic mass is 9.49. The molecule has 3 aliphatic rings. The zero-order valence-electron chi connectivity index (χ0n) is 15.2. The van der Waals surface area contributed by atoms with Crippen LogP contribution in [0.5, 0.6) is 0 Å². The summed E-state index contributed by atoms with van der Waals surface area (Å²) in [5.41, 5.74) is 3.16. The van der Waals surface area contributed by atoms with Gasteiger partial charge in [0.1, 0.15) is 0 Å². The summed E-state index contributed by atoms with van der Waals surface area (Å²) in [6.07, 6.45) is 4.46. The monoisotopic (exact) mass is 329 g/mol. The van der Waals surface area contributed by atoms with Crippen molar-refractivity contribution in [2.75, 3.05) is 26.8 Å². The summed E-state index contributed by atoms with van der Waals surface area (Å²) in [4.78, 5) is 2.14. The average Bonchev–Trinajstić information content (AvgIpc) is 2.55. The van der Waals surface area contributed by atoms with Gasteiger partial charge in [-0.1, -0.05) is 50.3 Å². The third kappa shape index (κ3) is 3.90. The lowest BCUT2D eigenvalue weighted by molar-refractivity contribution is -0.0257. The van der Waals surface area contributed by atoms with E-state index in [9.17, 15) is 5.11 Å². The number of likely N-dealkylation sites (N-methyl/N-ethyl adjacent to an activating group) is 1. The maximum absolute atomic E-state index is 10.2. The fourth-order valence-corrected chi connectivity index (χ4v) is 4.33. The van der Waals surface area contributed by atoms with Gasteiger partial charge in [-0.05, 0) is 48.3 Å². The predicted octanol–water partition coefficient (Wildman–Crippen LogP) is 3.49. The quantitative estimate of drug-likeness (QED) is 0.741. The maximum atomic E-state index is 10.2. The minimum Gasteiger partial charge on any atom is -0.389 e. The van der Waals surface area contributed by atoms with E-state index in [-0.39, 0.29) is 0 Å². The summed E-state index contributed by atoms with van der Waals surface area (Å²) >= 11 is 0. The molecule has 1 aromatic carbocycles. The molecule has 3 atom stereocenters. The van der Waals surface area contributed by atoms with E-state index in [1.807, 2.05) is 25.2 Å². The highest BCUT2D eigenvalue weighted by Gasteiger charge is 2.50. The van der Waals surface area contributed by atoms with Crippen molar-refractivity contribution < 1.29 is 9.84 Å². The van der Waals surface area contributed by atoms with Gasteiger partial charge in [0.15, 0.2) is 0 Å². The molecule has 0 amide bonds. The summed E-state index contributed by atoms with van der Waals surface area (Å²) in [7, 11) is 2.04. The Bertz CT molecular complexity index is 566. The molecule has 3 nitrogen and oxygen atoms in total. The molecular formula is C21H31NO2. The van der Waals surface area contributed by atoms with Gasteiger partial charge in [-0.25, -0.2) is 0 Å². The molecule has 0 aliphatic heterocycles. The first-order valence-electron chi connectivity index (χ1n) is 9.14. The van der Waals surface area contributed by atoms with Crippen LogP contribution in [0.4, 0.5) is 0 Å². The Balaban J connectivity index is 1.37. The van der Waals surface area contributed by atoms with Crippen molar-refractivity contribution in [1.29, 1.82) is 0 Å². The first-order valence-corrected chi connectivity index (χ1v) is 9.14. The number of nitrogens with zero attached hydrogens (tertiary/aromatic N) is 1. The molecule has 0 saturated heterocycles. The lowest BCUT2D eigenvalue weighted by Crippen LogP contribution is -2.48. The standard InChI is InChI=1S/C21H31NO2/c1-21(2)18-10-9-17(20(21)11-18)14-24-15-19(23)13-22(3)12-16-7-5-4-6-8-16/h4-9,18-20,23H,10-15H2,1-3H3. The Morgan fingerprint density at radius 3 is 2.71 bits per heavy atom. The number of rotatable bonds is 8. The second-order valence-electron chi connectivity index (χ2n) is 8.17. The summed E-state index contributed by atoms with van der Waals surface area (Å²) in [5, 5.41) is 10.2. The highest BCUT2D eigenvalue weighted by atomic mass is 16.5. The molecule has 1 aromatic rings. The van der Waals surface area contributed by atoms with Crippen molar-refractivity contribution in [1.82, 2.24) is 4.90 Å². The van der Waals surface area contributed by atoms with Gasteiger partial charge in [-0.15, -0.1) is 0 Å². The van der Waals surface area contributed by atoms with E-state index in [1.165, 1.54) is 24.0 Å². The Morgan fingerprint density at radius 2 is 2.04 bits per heavy atom. The summed E-state index contributed by atoms with van der Waals surface area (Å²) in [6, 6.07) is 10.4. The highest BCUT2D eigenvalue weighted by Crippen LogP contribution is 2.59. The number of aliphatic hydroxyl groups excluding tert-OH is 1. The second-order valence-corrected chi connectivity index (χ2v) is 8.17. The molecule has 3 aliphatic carbocycles. The minimum absolute atomic E-state index is 0.410. The molecule has 0 radical (unpaired) electrons. The summed E-state index contributed by atoms with van der Waals surface area (Å²) in [6.45, 7) is 7.33. The molecule has 132 valence electrons. The largest absolute Gasteiger partial charge is 0.389 e.